The van der Waals surface area contributed by atoms with Crippen molar-refractivity contribution in [2.45, 2.75) is 19.6 Å². The Hall–Kier alpha value is -3.40. The van der Waals surface area contributed by atoms with Gasteiger partial charge in [-0.25, -0.2) is 19.3 Å². The third kappa shape index (κ3) is 3.18. The number of carbonyl (C=O) groups excluding carboxylic acids is 1. The van der Waals surface area contributed by atoms with Crippen LogP contribution in [0.1, 0.15) is 12.5 Å². The molecule has 28 heavy (non-hydrogen) atoms. The Morgan fingerprint density at radius 1 is 1.29 bits per heavy atom. The molecule has 1 atom stereocenters. The highest BCUT2D eigenvalue weighted by atomic mass is 16.5. The highest BCUT2D eigenvalue weighted by Gasteiger charge is 2.18. The summed E-state index contributed by atoms with van der Waals surface area (Å²) < 4.78 is 8.53. The molecule has 0 saturated carbocycles. The van der Waals surface area contributed by atoms with Crippen LogP contribution in [0.5, 0.6) is 0 Å². The van der Waals surface area contributed by atoms with Crippen LogP contribution < -0.4 is 21.5 Å². The normalized spacial score (nSPS) is 17.1. The van der Waals surface area contributed by atoms with E-state index in [0.717, 1.165) is 5.56 Å². The van der Waals surface area contributed by atoms with Crippen molar-refractivity contribution in [3.63, 3.8) is 0 Å². The second-order valence-electron chi connectivity index (χ2n) is 6.73. The zero-order chi connectivity index (χ0) is 19.8. The number of rotatable bonds is 1. The van der Waals surface area contributed by atoms with E-state index < -0.39 is 0 Å². The van der Waals surface area contributed by atoms with Gasteiger partial charge in [0.25, 0.3) is 5.56 Å². The molecule has 1 aliphatic heterocycles. The van der Waals surface area contributed by atoms with Gasteiger partial charge in [0.1, 0.15) is 23.5 Å². The second kappa shape index (κ2) is 6.97. The SMILES string of the molecule is CNc1cc2nc3c1ncn3C(=O)N[C@H](C)COCc1cc(n(C)c(=O)c1)N2. The predicted octanol–water partition coefficient (Wildman–Crippen LogP) is 1.39. The van der Waals surface area contributed by atoms with Crippen LogP contribution in [0.4, 0.5) is 22.1 Å². The molecule has 3 aromatic rings. The Morgan fingerprint density at radius 3 is 2.89 bits per heavy atom. The summed E-state index contributed by atoms with van der Waals surface area (Å²) in [6.07, 6.45) is 1.44. The van der Waals surface area contributed by atoms with Crippen molar-refractivity contribution < 1.29 is 9.53 Å². The van der Waals surface area contributed by atoms with Gasteiger partial charge in [0.2, 0.25) is 0 Å². The summed E-state index contributed by atoms with van der Waals surface area (Å²) in [4.78, 5) is 33.9. The van der Waals surface area contributed by atoms with Crippen molar-refractivity contribution in [2.24, 2.45) is 7.05 Å². The maximum atomic E-state index is 12.7. The van der Waals surface area contributed by atoms with Gasteiger partial charge < -0.3 is 20.7 Å². The third-order valence-corrected chi connectivity index (χ3v) is 4.58. The number of fused-ring (bicyclic) bond motifs is 3. The quantitative estimate of drug-likeness (QED) is 0.582. The number of pyridine rings is 2. The fraction of sp³-hybridized carbons (Fsp3) is 0.333. The summed E-state index contributed by atoms with van der Waals surface area (Å²) in [5, 5.41) is 9.10. The van der Waals surface area contributed by atoms with Crippen LogP contribution in [-0.2, 0) is 18.4 Å². The summed E-state index contributed by atoms with van der Waals surface area (Å²) in [6.45, 7) is 2.41. The number of aromatic nitrogens is 4. The van der Waals surface area contributed by atoms with Crippen molar-refractivity contribution in [3.8, 4) is 0 Å². The summed E-state index contributed by atoms with van der Waals surface area (Å²) >= 11 is 0. The Kier molecular flexibility index (Phi) is 4.47. The van der Waals surface area contributed by atoms with Crippen LogP contribution in [0, 0.1) is 0 Å². The molecule has 3 aromatic heterocycles. The average molecular weight is 383 g/mol. The molecule has 10 heteroatoms. The number of ether oxygens (including phenoxy) is 1. The molecule has 146 valence electrons. The molecule has 0 aromatic carbocycles. The van der Waals surface area contributed by atoms with E-state index in [1.807, 2.05) is 13.0 Å². The number of amides is 1. The Bertz CT molecular complexity index is 1120. The molecule has 4 bridgehead atoms. The van der Waals surface area contributed by atoms with Gasteiger partial charge in [-0.2, -0.15) is 0 Å². The summed E-state index contributed by atoms with van der Waals surface area (Å²) in [7, 11) is 3.45. The van der Waals surface area contributed by atoms with Gasteiger partial charge >= 0.3 is 6.03 Å². The molecule has 4 heterocycles. The second-order valence-corrected chi connectivity index (χ2v) is 6.73. The van der Waals surface area contributed by atoms with Gasteiger partial charge in [0.05, 0.1) is 24.9 Å². The third-order valence-electron chi connectivity index (χ3n) is 4.58. The van der Waals surface area contributed by atoms with E-state index in [4.69, 9.17) is 4.74 Å². The number of anilines is 3. The number of hydrogen-bond donors (Lipinski definition) is 3. The van der Waals surface area contributed by atoms with Crippen LogP contribution in [0.15, 0.2) is 29.3 Å². The van der Waals surface area contributed by atoms with Gasteiger partial charge in [0.15, 0.2) is 5.65 Å². The Labute approximate surface area is 160 Å². The van der Waals surface area contributed by atoms with Crippen LogP contribution in [-0.4, -0.2) is 44.8 Å². The van der Waals surface area contributed by atoms with Gasteiger partial charge in [0, 0.05) is 26.2 Å². The molecule has 0 unspecified atom stereocenters. The fourth-order valence-corrected chi connectivity index (χ4v) is 3.09. The molecule has 10 nitrogen and oxygen atoms in total. The van der Waals surface area contributed by atoms with Crippen molar-refractivity contribution in [1.82, 2.24) is 24.4 Å². The highest BCUT2D eigenvalue weighted by Crippen LogP contribution is 2.26. The number of carbonyl (C=O) groups is 1. The summed E-state index contributed by atoms with van der Waals surface area (Å²) in [5.74, 6) is 1.05. The van der Waals surface area contributed by atoms with Crippen LogP contribution in [0.2, 0.25) is 0 Å². The van der Waals surface area contributed by atoms with E-state index >= 15 is 0 Å². The van der Waals surface area contributed by atoms with E-state index in [-0.39, 0.29) is 24.2 Å². The first kappa shape index (κ1) is 18.0. The molecule has 0 radical (unpaired) electrons. The minimum atomic E-state index is -0.340. The summed E-state index contributed by atoms with van der Waals surface area (Å²) in [5.41, 5.74) is 2.27. The lowest BCUT2D eigenvalue weighted by atomic mass is 10.2. The number of nitrogens with zero attached hydrogens (tertiary/aromatic N) is 4. The lowest BCUT2D eigenvalue weighted by molar-refractivity contribution is 0.104. The van der Waals surface area contributed by atoms with Crippen molar-refractivity contribution in [3.05, 3.63) is 40.4 Å². The first-order valence-corrected chi connectivity index (χ1v) is 8.87. The number of nitrogens with one attached hydrogen (secondary N) is 3. The Morgan fingerprint density at radius 2 is 2.11 bits per heavy atom. The molecule has 0 aliphatic carbocycles. The first-order valence-electron chi connectivity index (χ1n) is 8.87. The van der Waals surface area contributed by atoms with Gasteiger partial charge in [-0.05, 0) is 18.6 Å². The van der Waals surface area contributed by atoms with Crippen LogP contribution in [0.25, 0.3) is 11.2 Å². The molecule has 0 fully saturated rings. The topological polar surface area (TPSA) is 115 Å². The molecule has 3 N–H and O–H groups in total. The van der Waals surface area contributed by atoms with E-state index in [9.17, 15) is 9.59 Å². The van der Waals surface area contributed by atoms with E-state index in [1.54, 1.807) is 20.2 Å². The largest absolute Gasteiger partial charge is 0.386 e. The highest BCUT2D eigenvalue weighted by molar-refractivity contribution is 5.94. The molecular formula is C18H21N7O3. The molecule has 0 saturated heterocycles. The standard InChI is InChI=1S/C18H21N7O3/c1-10-7-28-8-11-4-14(24(3)15(26)5-11)22-13-6-12(19-2)16-17(23-13)25(9-20-16)18(27)21-10/h4-6,9-10H,7-8H2,1-3H3,(H,21,27)(H2,19,22,23)/t10-/m1/s1. The monoisotopic (exact) mass is 383 g/mol. The van der Waals surface area contributed by atoms with E-state index in [1.165, 1.54) is 21.5 Å². The molecule has 4 rings (SSSR count). The number of hydrogen-bond acceptors (Lipinski definition) is 7. The average Bonchev–Trinajstić information content (AvgIpc) is 3.08. The lowest BCUT2D eigenvalue weighted by Gasteiger charge is -2.17. The molecule has 1 aliphatic rings. The van der Waals surface area contributed by atoms with E-state index in [0.29, 0.717) is 35.1 Å². The van der Waals surface area contributed by atoms with Gasteiger partial charge in [-0.3, -0.25) is 9.36 Å². The van der Waals surface area contributed by atoms with Crippen LogP contribution in [0.3, 0.4) is 0 Å². The minimum Gasteiger partial charge on any atom is -0.386 e. The van der Waals surface area contributed by atoms with Gasteiger partial charge in [-0.15, -0.1) is 0 Å². The fourth-order valence-electron chi connectivity index (χ4n) is 3.09. The van der Waals surface area contributed by atoms with E-state index in [2.05, 4.69) is 25.9 Å². The molecule has 1 amide bonds. The predicted molar refractivity (Wildman–Crippen MR) is 105 cm³/mol. The maximum absolute atomic E-state index is 12.7. The Balaban J connectivity index is 1.91. The minimum absolute atomic E-state index is 0.156. The first-order chi connectivity index (χ1) is 13.5. The van der Waals surface area contributed by atoms with Crippen molar-refractivity contribution in [1.29, 1.82) is 0 Å². The van der Waals surface area contributed by atoms with Crippen LogP contribution >= 0.6 is 0 Å². The molecule has 0 spiro atoms. The lowest BCUT2D eigenvalue weighted by Crippen LogP contribution is -2.38. The van der Waals surface area contributed by atoms with Gasteiger partial charge in [-0.1, -0.05) is 0 Å². The van der Waals surface area contributed by atoms with Crippen molar-refractivity contribution >= 4 is 34.5 Å². The molecular weight excluding hydrogens is 362 g/mol. The maximum Gasteiger partial charge on any atom is 0.328 e. The zero-order valence-corrected chi connectivity index (χ0v) is 15.8. The summed E-state index contributed by atoms with van der Waals surface area (Å²) in [6, 6.07) is 4.58. The number of imidazole rings is 1. The smallest absolute Gasteiger partial charge is 0.328 e. The van der Waals surface area contributed by atoms with Crippen molar-refractivity contribution in [2.75, 3.05) is 24.3 Å². The zero-order valence-electron chi connectivity index (χ0n) is 15.8.